The van der Waals surface area contributed by atoms with Crippen LogP contribution < -0.4 is 16.4 Å². The summed E-state index contributed by atoms with van der Waals surface area (Å²) in [4.78, 5) is 43.1. The normalized spacial score (nSPS) is 9.36. The number of aromatic nitrogens is 3. The molecule has 1 unspecified atom stereocenters. The molecule has 0 aliphatic carbocycles. The number of hydrogen-bond donors (Lipinski definition) is 3. The van der Waals surface area contributed by atoms with E-state index in [1.54, 1.807) is 67.5 Å². The summed E-state index contributed by atoms with van der Waals surface area (Å²) < 4.78 is 0. The van der Waals surface area contributed by atoms with Gasteiger partial charge in [0.1, 0.15) is 0 Å². The van der Waals surface area contributed by atoms with Crippen LogP contribution in [-0.2, 0) is 14.4 Å². The average Bonchev–Trinajstić information content (AvgIpc) is 2.95. The standard InChI is InChI=1S/C10H14N2O.C8H8N2O.C5H6N2.C3H3ClO.CH2Cl2/c1-3-8(2)10(13)12-9-5-4-6-11-7-9;1-2-8(11)10-7-4-3-5-9-6-7;6-5-2-1-3-7-4-5;1-2-3(4)5;2-1-3/h4-8H,3H2,1-2H3,(H,12,13);2-6H,1H2,(H,10,11);1-4H,6H2;2H,1H2;1H2. The van der Waals surface area contributed by atoms with Crippen molar-refractivity contribution >= 4 is 68.9 Å². The van der Waals surface area contributed by atoms with Crippen molar-refractivity contribution in [3.05, 3.63) is 98.9 Å². The third kappa shape index (κ3) is 24.3. The molecule has 3 aromatic heterocycles. The monoisotopic (exact) mass is 594 g/mol. The highest BCUT2D eigenvalue weighted by atomic mass is 35.5. The maximum atomic E-state index is 11.4. The molecule has 210 valence electrons. The van der Waals surface area contributed by atoms with Crippen molar-refractivity contribution in [2.75, 3.05) is 21.7 Å². The third-order valence-electron chi connectivity index (χ3n) is 3.95. The van der Waals surface area contributed by atoms with Crippen molar-refractivity contribution in [1.29, 1.82) is 0 Å². The number of nitrogens with one attached hydrogen (secondary N) is 2. The summed E-state index contributed by atoms with van der Waals surface area (Å²) in [5.74, 6) is -0.117. The Morgan fingerprint density at radius 2 is 1.33 bits per heavy atom. The number of hydrogen-bond acceptors (Lipinski definition) is 7. The van der Waals surface area contributed by atoms with E-state index in [0.717, 1.165) is 18.2 Å². The van der Waals surface area contributed by atoms with E-state index < -0.39 is 5.24 Å². The smallest absolute Gasteiger partial charge is 0.247 e. The molecule has 12 heteroatoms. The highest BCUT2D eigenvalue weighted by Crippen LogP contribution is 2.07. The number of pyridine rings is 3. The Morgan fingerprint density at radius 3 is 1.62 bits per heavy atom. The summed E-state index contributed by atoms with van der Waals surface area (Å²) >= 11 is 14.2. The summed E-state index contributed by atoms with van der Waals surface area (Å²) in [5.41, 5.74) is 7.44. The molecular formula is C27H33Cl3N6O3. The van der Waals surface area contributed by atoms with Crippen LogP contribution >= 0.6 is 34.8 Å². The van der Waals surface area contributed by atoms with Gasteiger partial charge in [0.15, 0.2) is 0 Å². The van der Waals surface area contributed by atoms with E-state index in [0.29, 0.717) is 11.4 Å². The van der Waals surface area contributed by atoms with Crippen molar-refractivity contribution in [1.82, 2.24) is 15.0 Å². The summed E-state index contributed by atoms with van der Waals surface area (Å²) in [7, 11) is 0. The predicted molar refractivity (Wildman–Crippen MR) is 162 cm³/mol. The van der Waals surface area contributed by atoms with E-state index in [4.69, 9.17) is 40.5 Å². The molecule has 0 spiro atoms. The second-order valence-electron chi connectivity index (χ2n) is 6.87. The number of nitrogen functional groups attached to an aromatic ring is 1. The molecule has 0 bridgehead atoms. The lowest BCUT2D eigenvalue weighted by Crippen LogP contribution is -2.19. The fourth-order valence-electron chi connectivity index (χ4n) is 1.89. The van der Waals surface area contributed by atoms with E-state index in [2.05, 4.69) is 38.7 Å². The number of amides is 2. The molecule has 0 saturated carbocycles. The Labute approximate surface area is 244 Å². The number of carbonyl (C=O) groups excluding carboxylic acids is 3. The first-order valence-electron chi connectivity index (χ1n) is 11.3. The average molecular weight is 596 g/mol. The second kappa shape index (κ2) is 25.8. The first-order chi connectivity index (χ1) is 18.6. The van der Waals surface area contributed by atoms with E-state index in [1.165, 1.54) is 6.08 Å². The van der Waals surface area contributed by atoms with Crippen molar-refractivity contribution in [2.24, 2.45) is 5.92 Å². The highest BCUT2D eigenvalue weighted by Gasteiger charge is 2.09. The van der Waals surface area contributed by atoms with Gasteiger partial charge in [0.25, 0.3) is 0 Å². The summed E-state index contributed by atoms with van der Waals surface area (Å²) in [5, 5.41) is 5.05. The number of rotatable bonds is 6. The van der Waals surface area contributed by atoms with Crippen LogP contribution in [0.1, 0.15) is 20.3 Å². The van der Waals surface area contributed by atoms with Gasteiger partial charge in [-0.1, -0.05) is 27.0 Å². The Morgan fingerprint density at radius 1 is 0.897 bits per heavy atom. The number of carbonyl (C=O) groups is 3. The SMILES string of the molecule is C=CC(=O)Cl.C=CC(=O)Nc1cccnc1.CCC(C)C(=O)Nc1cccnc1.ClCCl.Nc1cccnc1. The van der Waals surface area contributed by atoms with E-state index in [-0.39, 0.29) is 23.1 Å². The first kappa shape index (κ1) is 37.4. The number of anilines is 3. The maximum absolute atomic E-state index is 11.4. The predicted octanol–water partition coefficient (Wildman–Crippen LogP) is 6.30. The van der Waals surface area contributed by atoms with Gasteiger partial charge < -0.3 is 16.4 Å². The van der Waals surface area contributed by atoms with Gasteiger partial charge in [0, 0.05) is 30.7 Å². The summed E-state index contributed by atoms with van der Waals surface area (Å²) in [6.07, 6.45) is 12.9. The van der Waals surface area contributed by atoms with Crippen LogP contribution in [0.3, 0.4) is 0 Å². The van der Waals surface area contributed by atoms with Gasteiger partial charge in [-0.05, 0) is 66.6 Å². The molecule has 3 aromatic rings. The largest absolute Gasteiger partial charge is 0.397 e. The van der Waals surface area contributed by atoms with Gasteiger partial charge in [-0.2, -0.15) is 0 Å². The van der Waals surface area contributed by atoms with Crippen LogP contribution in [0.2, 0.25) is 0 Å². The fraction of sp³-hybridized carbons (Fsp3) is 0.185. The topological polar surface area (TPSA) is 140 Å². The minimum absolute atomic E-state index is 0.0514. The molecule has 1 atom stereocenters. The van der Waals surface area contributed by atoms with Gasteiger partial charge in [0.2, 0.25) is 17.1 Å². The molecule has 0 aliphatic rings. The van der Waals surface area contributed by atoms with Gasteiger partial charge in [-0.15, -0.1) is 23.2 Å². The molecule has 9 nitrogen and oxygen atoms in total. The molecule has 0 aliphatic heterocycles. The zero-order valence-electron chi connectivity index (χ0n) is 21.8. The first-order valence-corrected chi connectivity index (χ1v) is 12.7. The highest BCUT2D eigenvalue weighted by molar-refractivity contribution is 6.66. The molecule has 0 fully saturated rings. The molecular weight excluding hydrogens is 563 g/mol. The fourth-order valence-corrected chi connectivity index (χ4v) is 1.89. The van der Waals surface area contributed by atoms with Crippen molar-refractivity contribution in [3.8, 4) is 0 Å². The van der Waals surface area contributed by atoms with E-state index in [9.17, 15) is 14.4 Å². The second-order valence-corrected chi connectivity index (χ2v) is 8.05. The molecule has 0 aromatic carbocycles. The van der Waals surface area contributed by atoms with Crippen molar-refractivity contribution < 1.29 is 14.4 Å². The number of nitrogens with two attached hydrogens (primary N) is 1. The van der Waals surface area contributed by atoms with Gasteiger partial charge in [-0.3, -0.25) is 29.3 Å². The molecule has 2 amide bonds. The zero-order valence-corrected chi connectivity index (χ0v) is 24.0. The third-order valence-corrected chi connectivity index (χ3v) is 4.10. The summed E-state index contributed by atoms with van der Waals surface area (Å²) in [6.45, 7) is 10.3. The lowest BCUT2D eigenvalue weighted by atomic mass is 10.1. The van der Waals surface area contributed by atoms with E-state index >= 15 is 0 Å². The number of halogens is 3. The van der Waals surface area contributed by atoms with E-state index in [1.807, 2.05) is 19.9 Å². The van der Waals surface area contributed by atoms with Crippen LogP contribution in [-0.4, -0.2) is 37.3 Å². The Hall–Kier alpha value is -3.79. The van der Waals surface area contributed by atoms with Crippen LogP contribution in [0.25, 0.3) is 0 Å². The minimum Gasteiger partial charge on any atom is -0.397 e. The quantitative estimate of drug-likeness (QED) is 0.173. The van der Waals surface area contributed by atoms with Crippen LogP contribution in [0.4, 0.5) is 17.1 Å². The van der Waals surface area contributed by atoms with Crippen LogP contribution in [0, 0.1) is 5.92 Å². The lowest BCUT2D eigenvalue weighted by molar-refractivity contribution is -0.119. The Kier molecular flexibility index (Phi) is 24.8. The van der Waals surface area contributed by atoms with Gasteiger partial charge in [0.05, 0.1) is 34.8 Å². The molecule has 4 N–H and O–H groups in total. The van der Waals surface area contributed by atoms with Gasteiger partial charge in [-0.25, -0.2) is 0 Å². The van der Waals surface area contributed by atoms with Crippen LogP contribution in [0.15, 0.2) is 98.9 Å². The lowest BCUT2D eigenvalue weighted by Gasteiger charge is -2.08. The van der Waals surface area contributed by atoms with Gasteiger partial charge >= 0.3 is 0 Å². The number of alkyl halides is 2. The Balaban J connectivity index is 0. The molecule has 3 rings (SSSR count). The number of allylic oxidation sites excluding steroid dienone is 1. The Bertz CT molecular complexity index is 1080. The molecule has 0 saturated heterocycles. The number of nitrogens with zero attached hydrogens (tertiary/aromatic N) is 3. The summed E-state index contributed by atoms with van der Waals surface area (Å²) in [6, 6.07) is 10.7. The maximum Gasteiger partial charge on any atom is 0.247 e. The van der Waals surface area contributed by atoms with Crippen LogP contribution in [0.5, 0.6) is 0 Å². The zero-order chi connectivity index (χ0) is 29.9. The molecule has 39 heavy (non-hydrogen) atoms. The van der Waals surface area contributed by atoms with Crippen molar-refractivity contribution in [2.45, 2.75) is 20.3 Å². The van der Waals surface area contributed by atoms with Crippen molar-refractivity contribution in [3.63, 3.8) is 0 Å². The minimum atomic E-state index is -0.509. The molecule has 0 radical (unpaired) electrons. The molecule has 3 heterocycles.